The second kappa shape index (κ2) is 5.31. The lowest BCUT2D eigenvalue weighted by atomic mass is 10.1. The Labute approximate surface area is 129 Å². The van der Waals surface area contributed by atoms with Crippen LogP contribution in [0.15, 0.2) is 12.1 Å². The zero-order chi connectivity index (χ0) is 12.7. The summed E-state index contributed by atoms with van der Waals surface area (Å²) in [7, 11) is 0. The van der Waals surface area contributed by atoms with E-state index in [0.717, 1.165) is 0 Å². The smallest absolute Gasteiger partial charge is 0.0748 e. The molecule has 2 aromatic heterocycles. The van der Waals surface area contributed by atoms with E-state index < -0.39 is 0 Å². The predicted molar refractivity (Wildman–Crippen MR) is 88.7 cm³/mol. The fourth-order valence-corrected chi connectivity index (χ4v) is 6.73. The summed E-state index contributed by atoms with van der Waals surface area (Å²) in [4.78, 5) is 6.31. The summed E-state index contributed by atoms with van der Waals surface area (Å²) in [5, 5.41) is 0. The molecule has 1 aliphatic heterocycles. The van der Waals surface area contributed by atoms with E-state index in [-0.39, 0.29) is 0 Å². The fraction of sp³-hybridized carbons (Fsp3) is 0.429. The van der Waals surface area contributed by atoms with Gasteiger partial charge in [-0.1, -0.05) is 15.9 Å². The van der Waals surface area contributed by atoms with Gasteiger partial charge in [0, 0.05) is 25.3 Å². The zero-order valence-corrected chi connectivity index (χ0v) is 14.5. The molecule has 4 heteroatoms. The van der Waals surface area contributed by atoms with E-state index >= 15 is 0 Å². The number of alkyl halides is 1. The van der Waals surface area contributed by atoms with Crippen molar-refractivity contribution in [2.24, 2.45) is 0 Å². The molecule has 1 unspecified atom stereocenters. The second-order valence-electron chi connectivity index (χ2n) is 4.63. The minimum Gasteiger partial charge on any atom is -0.157 e. The molecular formula is C14H15BrS3. The summed E-state index contributed by atoms with van der Waals surface area (Å²) in [6, 6.07) is 4.74. The molecule has 0 nitrogen and oxygen atoms in total. The van der Waals surface area contributed by atoms with Crippen LogP contribution in [0.3, 0.4) is 0 Å². The first-order valence-corrected chi connectivity index (χ1v) is 9.75. The minimum absolute atomic E-state index is 0.378. The highest BCUT2D eigenvalue weighted by Gasteiger charge is 2.20. The van der Waals surface area contributed by atoms with Crippen molar-refractivity contribution in [3.63, 3.8) is 0 Å². The molecule has 18 heavy (non-hydrogen) atoms. The normalized spacial score (nSPS) is 16.6. The Morgan fingerprint density at radius 1 is 1.22 bits per heavy atom. The summed E-state index contributed by atoms with van der Waals surface area (Å²) in [6.45, 7) is 4.42. The molecule has 0 aliphatic carbocycles. The van der Waals surface area contributed by atoms with E-state index in [1.54, 1.807) is 10.4 Å². The summed E-state index contributed by atoms with van der Waals surface area (Å²) in [5.74, 6) is 2.49. The molecule has 0 spiro atoms. The number of halogens is 1. The molecule has 3 rings (SSSR count). The Morgan fingerprint density at radius 3 is 2.72 bits per heavy atom. The summed E-state index contributed by atoms with van der Waals surface area (Å²) >= 11 is 9.85. The Kier molecular flexibility index (Phi) is 3.90. The van der Waals surface area contributed by atoms with E-state index in [0.29, 0.717) is 4.83 Å². The third-order valence-corrected chi connectivity index (χ3v) is 7.83. The van der Waals surface area contributed by atoms with Gasteiger partial charge in [0.1, 0.15) is 0 Å². The van der Waals surface area contributed by atoms with Crippen LogP contribution in [0.25, 0.3) is 0 Å². The maximum absolute atomic E-state index is 3.89. The van der Waals surface area contributed by atoms with Gasteiger partial charge in [0.05, 0.1) is 4.83 Å². The molecule has 0 amide bonds. The van der Waals surface area contributed by atoms with Crippen LogP contribution in [-0.2, 0) is 12.2 Å². The van der Waals surface area contributed by atoms with Gasteiger partial charge in [-0.3, -0.25) is 0 Å². The molecule has 0 aromatic carbocycles. The SMILES string of the molecule is Cc1cc(C(Br)c2cc3c(s2)CCSC3)c(C)s1. The van der Waals surface area contributed by atoms with Crippen molar-refractivity contribution in [3.8, 4) is 0 Å². The van der Waals surface area contributed by atoms with E-state index in [1.165, 1.54) is 38.1 Å². The Morgan fingerprint density at radius 2 is 2.06 bits per heavy atom. The van der Waals surface area contributed by atoms with Crippen LogP contribution in [0.4, 0.5) is 0 Å². The quantitative estimate of drug-likeness (QED) is 0.620. The summed E-state index contributed by atoms with van der Waals surface area (Å²) in [5.41, 5.74) is 3.02. The van der Waals surface area contributed by atoms with Gasteiger partial charge in [0.2, 0.25) is 0 Å². The average molecular weight is 359 g/mol. The first-order chi connectivity index (χ1) is 8.65. The van der Waals surface area contributed by atoms with Crippen LogP contribution in [0.5, 0.6) is 0 Å². The van der Waals surface area contributed by atoms with Gasteiger partial charge in [-0.25, -0.2) is 0 Å². The lowest BCUT2D eigenvalue weighted by Crippen LogP contribution is -1.96. The van der Waals surface area contributed by atoms with Crippen LogP contribution in [0.2, 0.25) is 0 Å². The van der Waals surface area contributed by atoms with E-state index in [9.17, 15) is 0 Å². The first kappa shape index (κ1) is 13.2. The van der Waals surface area contributed by atoms with Crippen LogP contribution in [0.1, 0.15) is 35.5 Å². The Balaban J connectivity index is 1.94. The van der Waals surface area contributed by atoms with Gasteiger partial charge in [-0.2, -0.15) is 11.8 Å². The van der Waals surface area contributed by atoms with Crippen molar-refractivity contribution in [2.45, 2.75) is 30.8 Å². The second-order valence-corrected chi connectivity index (χ2v) is 9.28. The van der Waals surface area contributed by atoms with Gasteiger partial charge in [-0.05, 0) is 49.3 Å². The van der Waals surface area contributed by atoms with Gasteiger partial charge in [0.25, 0.3) is 0 Å². The molecule has 1 aliphatic rings. The van der Waals surface area contributed by atoms with Crippen molar-refractivity contribution >= 4 is 50.4 Å². The first-order valence-electron chi connectivity index (χ1n) is 6.05. The van der Waals surface area contributed by atoms with Crippen molar-refractivity contribution in [3.05, 3.63) is 42.8 Å². The molecule has 0 radical (unpaired) electrons. The molecule has 0 saturated heterocycles. The largest absolute Gasteiger partial charge is 0.157 e. The maximum atomic E-state index is 3.89. The highest BCUT2D eigenvalue weighted by atomic mass is 79.9. The van der Waals surface area contributed by atoms with Crippen LogP contribution in [-0.4, -0.2) is 5.75 Å². The van der Waals surface area contributed by atoms with E-state index in [2.05, 4.69) is 53.7 Å². The molecule has 0 N–H and O–H groups in total. The van der Waals surface area contributed by atoms with Gasteiger partial charge in [0.15, 0.2) is 0 Å². The molecule has 0 saturated carbocycles. The lowest BCUT2D eigenvalue weighted by molar-refractivity contribution is 1.13. The van der Waals surface area contributed by atoms with Crippen LogP contribution in [0, 0.1) is 13.8 Å². The average Bonchev–Trinajstić information content (AvgIpc) is 2.91. The molecule has 0 fully saturated rings. The highest BCUT2D eigenvalue weighted by Crippen LogP contribution is 2.42. The number of hydrogen-bond acceptors (Lipinski definition) is 3. The highest BCUT2D eigenvalue weighted by molar-refractivity contribution is 9.09. The van der Waals surface area contributed by atoms with E-state index in [1.807, 2.05) is 22.7 Å². The monoisotopic (exact) mass is 358 g/mol. The van der Waals surface area contributed by atoms with Crippen molar-refractivity contribution in [1.82, 2.24) is 0 Å². The number of fused-ring (bicyclic) bond motifs is 1. The lowest BCUT2D eigenvalue weighted by Gasteiger charge is -2.08. The van der Waals surface area contributed by atoms with Crippen LogP contribution < -0.4 is 0 Å². The van der Waals surface area contributed by atoms with E-state index in [4.69, 9.17) is 0 Å². The molecular weight excluding hydrogens is 344 g/mol. The summed E-state index contributed by atoms with van der Waals surface area (Å²) in [6.07, 6.45) is 1.26. The summed E-state index contributed by atoms with van der Waals surface area (Å²) < 4.78 is 0. The maximum Gasteiger partial charge on any atom is 0.0748 e. The van der Waals surface area contributed by atoms with Crippen molar-refractivity contribution < 1.29 is 0 Å². The molecule has 1 atom stereocenters. The molecule has 2 aromatic rings. The molecule has 3 heterocycles. The number of hydrogen-bond donors (Lipinski definition) is 0. The van der Waals surface area contributed by atoms with Gasteiger partial charge < -0.3 is 0 Å². The number of thioether (sulfide) groups is 1. The van der Waals surface area contributed by atoms with Crippen molar-refractivity contribution in [1.29, 1.82) is 0 Å². The molecule has 96 valence electrons. The Hall–Kier alpha value is 0.230. The minimum atomic E-state index is 0.378. The molecule has 0 bridgehead atoms. The van der Waals surface area contributed by atoms with Gasteiger partial charge in [-0.15, -0.1) is 22.7 Å². The third-order valence-electron chi connectivity index (χ3n) is 3.25. The predicted octanol–water partition coefficient (Wildman–Crippen LogP) is 5.70. The van der Waals surface area contributed by atoms with Crippen molar-refractivity contribution in [2.75, 3.05) is 5.75 Å². The van der Waals surface area contributed by atoms with Crippen LogP contribution >= 0.6 is 50.4 Å². The number of thiophene rings is 2. The fourth-order valence-electron chi connectivity index (χ4n) is 2.35. The zero-order valence-electron chi connectivity index (χ0n) is 10.5. The Bertz CT molecular complexity index is 544. The van der Waals surface area contributed by atoms with Gasteiger partial charge >= 0.3 is 0 Å². The standard InChI is InChI=1S/C14H15BrS3/c1-8-5-11(9(2)17-8)14(15)13-6-10-7-16-4-3-12(10)18-13/h5-6,14H,3-4,7H2,1-2H3. The third kappa shape index (κ3) is 2.45. The topological polar surface area (TPSA) is 0 Å². The number of aryl methyl sites for hydroxylation is 3. The number of rotatable bonds is 2.